The molecule has 0 aliphatic heterocycles. The molecular formula is C13H10F2N2O3. The first kappa shape index (κ1) is 13.9. The topological polar surface area (TPSA) is 61.1 Å². The lowest BCUT2D eigenvalue weighted by Gasteiger charge is -2.06. The van der Waals surface area contributed by atoms with Gasteiger partial charge in [-0.15, -0.1) is 0 Å². The van der Waals surface area contributed by atoms with Crippen LogP contribution in [0.15, 0.2) is 40.2 Å². The van der Waals surface area contributed by atoms with E-state index in [1.54, 1.807) is 0 Å². The van der Waals surface area contributed by atoms with Crippen molar-refractivity contribution in [2.75, 3.05) is 0 Å². The van der Waals surface area contributed by atoms with Crippen LogP contribution in [0.3, 0.4) is 0 Å². The summed E-state index contributed by atoms with van der Waals surface area (Å²) < 4.78 is 28.3. The molecule has 0 atom stereocenters. The fraction of sp³-hybridized carbons (Fsp3) is 0.154. The van der Waals surface area contributed by atoms with Crippen LogP contribution in [0.2, 0.25) is 0 Å². The van der Waals surface area contributed by atoms with E-state index in [0.717, 1.165) is 27.3 Å². The lowest BCUT2D eigenvalue weighted by Crippen LogP contribution is -2.40. The highest BCUT2D eigenvalue weighted by Crippen LogP contribution is 2.10. The van der Waals surface area contributed by atoms with E-state index in [1.165, 1.54) is 19.4 Å². The molecule has 20 heavy (non-hydrogen) atoms. The molecule has 0 saturated heterocycles. The number of carbonyl (C=O) groups excluding carboxylic acids is 1. The summed E-state index contributed by atoms with van der Waals surface area (Å²) in [5.74, 6) is -2.43. The van der Waals surface area contributed by atoms with Crippen LogP contribution in [0.4, 0.5) is 8.78 Å². The van der Waals surface area contributed by atoms with Crippen LogP contribution in [0.25, 0.3) is 0 Å². The largest absolute Gasteiger partial charge is 0.316 e. The quantitative estimate of drug-likeness (QED) is 0.614. The summed E-state index contributed by atoms with van der Waals surface area (Å²) in [7, 11) is 1.39. The summed E-state index contributed by atoms with van der Waals surface area (Å²) in [4.78, 5) is 34.9. The third kappa shape index (κ3) is 2.56. The fourth-order valence-electron chi connectivity index (χ4n) is 1.67. The number of rotatable bonds is 3. The van der Waals surface area contributed by atoms with E-state index in [0.29, 0.717) is 0 Å². The molecule has 0 radical (unpaired) electrons. The van der Waals surface area contributed by atoms with Crippen molar-refractivity contribution in [2.24, 2.45) is 7.05 Å². The second-order valence-corrected chi connectivity index (χ2v) is 4.19. The number of Topliss-reactive ketones (excluding diaryl/α,β-unsaturated/α-hetero) is 1. The highest BCUT2D eigenvalue weighted by Gasteiger charge is 2.14. The minimum Gasteiger partial charge on any atom is -0.312 e. The van der Waals surface area contributed by atoms with Crippen LogP contribution in [0.5, 0.6) is 0 Å². The van der Waals surface area contributed by atoms with Crippen LogP contribution in [-0.4, -0.2) is 14.9 Å². The zero-order chi connectivity index (χ0) is 14.9. The lowest BCUT2D eigenvalue weighted by atomic mass is 10.1. The van der Waals surface area contributed by atoms with Crippen LogP contribution in [-0.2, 0) is 13.6 Å². The third-order valence-corrected chi connectivity index (χ3v) is 2.78. The van der Waals surface area contributed by atoms with Gasteiger partial charge in [-0.2, -0.15) is 0 Å². The molecule has 0 saturated carbocycles. The molecule has 5 nitrogen and oxygen atoms in total. The molecule has 2 aromatic rings. The van der Waals surface area contributed by atoms with E-state index < -0.39 is 40.6 Å². The summed E-state index contributed by atoms with van der Waals surface area (Å²) in [5.41, 5.74) is -2.17. The number of halogens is 2. The van der Waals surface area contributed by atoms with Crippen molar-refractivity contribution in [3.8, 4) is 0 Å². The van der Waals surface area contributed by atoms with E-state index in [9.17, 15) is 23.2 Å². The number of hydrogen-bond donors (Lipinski definition) is 0. The van der Waals surface area contributed by atoms with Gasteiger partial charge in [0.1, 0.15) is 11.6 Å². The van der Waals surface area contributed by atoms with E-state index in [-0.39, 0.29) is 0 Å². The van der Waals surface area contributed by atoms with Crippen molar-refractivity contribution >= 4 is 5.78 Å². The van der Waals surface area contributed by atoms with Crippen molar-refractivity contribution in [1.29, 1.82) is 0 Å². The average molecular weight is 280 g/mol. The first-order valence-electron chi connectivity index (χ1n) is 5.64. The number of ketones is 1. The Morgan fingerprint density at radius 2 is 1.85 bits per heavy atom. The highest BCUT2D eigenvalue weighted by atomic mass is 19.1. The summed E-state index contributed by atoms with van der Waals surface area (Å²) in [5, 5.41) is 0. The van der Waals surface area contributed by atoms with E-state index in [2.05, 4.69) is 0 Å². The first-order valence-corrected chi connectivity index (χ1v) is 5.64. The van der Waals surface area contributed by atoms with E-state index in [4.69, 9.17) is 0 Å². The second kappa shape index (κ2) is 5.20. The Hall–Kier alpha value is -2.57. The van der Waals surface area contributed by atoms with Gasteiger partial charge in [-0.25, -0.2) is 8.78 Å². The summed E-state index contributed by atoms with van der Waals surface area (Å²) in [6.45, 7) is -0.532. The number of benzene rings is 1. The molecule has 0 amide bonds. The maximum Gasteiger partial charge on any atom is 0.316 e. The van der Waals surface area contributed by atoms with Gasteiger partial charge in [0, 0.05) is 19.4 Å². The minimum atomic E-state index is -0.903. The number of nitrogens with zero attached hydrogens (tertiary/aromatic N) is 2. The number of hydrogen-bond acceptors (Lipinski definition) is 3. The molecule has 0 aliphatic rings. The van der Waals surface area contributed by atoms with Crippen molar-refractivity contribution in [1.82, 2.24) is 9.13 Å². The maximum absolute atomic E-state index is 13.4. The maximum atomic E-state index is 13.4. The first-order chi connectivity index (χ1) is 9.40. The predicted octanol–water partition coefficient (Wildman–Crippen LogP) is 0.708. The van der Waals surface area contributed by atoms with Gasteiger partial charge in [-0.05, 0) is 18.2 Å². The van der Waals surface area contributed by atoms with Gasteiger partial charge in [0.05, 0.1) is 12.1 Å². The molecule has 2 rings (SSSR count). The van der Waals surface area contributed by atoms with Gasteiger partial charge in [0.25, 0.3) is 0 Å². The molecule has 0 N–H and O–H groups in total. The second-order valence-electron chi connectivity index (χ2n) is 4.19. The normalized spacial score (nSPS) is 10.6. The molecule has 1 heterocycles. The van der Waals surface area contributed by atoms with Crippen LogP contribution >= 0.6 is 0 Å². The third-order valence-electron chi connectivity index (χ3n) is 2.78. The molecule has 0 fully saturated rings. The Bertz CT molecular complexity index is 793. The SMILES string of the molecule is Cn1ccn(CC(=O)c2cc(F)ccc2F)c(=O)c1=O. The van der Waals surface area contributed by atoms with Crippen molar-refractivity contribution in [3.05, 3.63) is 68.5 Å². The zero-order valence-corrected chi connectivity index (χ0v) is 10.5. The molecule has 0 bridgehead atoms. The Labute approximate surface area is 111 Å². The predicted molar refractivity (Wildman–Crippen MR) is 66.6 cm³/mol. The van der Waals surface area contributed by atoms with Gasteiger partial charge in [-0.1, -0.05) is 0 Å². The Morgan fingerprint density at radius 3 is 2.55 bits per heavy atom. The van der Waals surface area contributed by atoms with Crippen LogP contribution in [0.1, 0.15) is 10.4 Å². The molecule has 0 unspecified atom stereocenters. The summed E-state index contributed by atoms with van der Waals surface area (Å²) in [6, 6.07) is 2.47. The standard InChI is InChI=1S/C13H10F2N2O3/c1-16-4-5-17(13(20)12(16)19)7-11(18)9-6-8(14)2-3-10(9)15/h2-6H,7H2,1H3. The number of aryl methyl sites for hydroxylation is 1. The summed E-state index contributed by atoms with van der Waals surface area (Å²) >= 11 is 0. The number of aromatic nitrogens is 2. The monoisotopic (exact) mass is 280 g/mol. The van der Waals surface area contributed by atoms with E-state index in [1.807, 2.05) is 0 Å². The van der Waals surface area contributed by atoms with Gasteiger partial charge < -0.3 is 9.13 Å². The van der Waals surface area contributed by atoms with Crippen molar-refractivity contribution < 1.29 is 13.6 Å². The summed E-state index contributed by atoms with van der Waals surface area (Å²) in [6.07, 6.45) is 2.54. The van der Waals surface area contributed by atoms with Gasteiger partial charge in [0.2, 0.25) is 0 Å². The molecule has 0 aliphatic carbocycles. The Morgan fingerprint density at radius 1 is 1.15 bits per heavy atom. The lowest BCUT2D eigenvalue weighted by molar-refractivity contribution is 0.0966. The Balaban J connectivity index is 2.38. The van der Waals surface area contributed by atoms with Gasteiger partial charge in [0.15, 0.2) is 5.78 Å². The molecule has 1 aromatic carbocycles. The number of carbonyl (C=O) groups is 1. The van der Waals surface area contributed by atoms with E-state index >= 15 is 0 Å². The van der Waals surface area contributed by atoms with Gasteiger partial charge >= 0.3 is 11.1 Å². The highest BCUT2D eigenvalue weighted by molar-refractivity contribution is 5.96. The molecule has 104 valence electrons. The minimum absolute atomic E-state index is 0.461. The zero-order valence-electron chi connectivity index (χ0n) is 10.5. The molecule has 0 spiro atoms. The van der Waals surface area contributed by atoms with Crippen LogP contribution in [0, 0.1) is 11.6 Å². The fourth-order valence-corrected chi connectivity index (χ4v) is 1.67. The van der Waals surface area contributed by atoms with Crippen molar-refractivity contribution in [3.63, 3.8) is 0 Å². The van der Waals surface area contributed by atoms with Crippen molar-refractivity contribution in [2.45, 2.75) is 6.54 Å². The van der Waals surface area contributed by atoms with Gasteiger partial charge in [-0.3, -0.25) is 14.4 Å². The molecule has 1 aromatic heterocycles. The average Bonchev–Trinajstić information content (AvgIpc) is 2.42. The Kier molecular flexibility index (Phi) is 3.60. The molecular weight excluding hydrogens is 270 g/mol. The van der Waals surface area contributed by atoms with Crippen LogP contribution < -0.4 is 11.1 Å². The smallest absolute Gasteiger partial charge is 0.312 e. The molecule has 7 heteroatoms.